The average molecular weight is 274 g/mol. The summed E-state index contributed by atoms with van der Waals surface area (Å²) in [5.41, 5.74) is -0.0299. The molecule has 0 radical (unpaired) electrons. The lowest BCUT2D eigenvalue weighted by Crippen LogP contribution is -2.68. The highest BCUT2D eigenvalue weighted by atomic mass is 35.7. The summed E-state index contributed by atoms with van der Waals surface area (Å²) in [5.74, 6) is 0.765. The van der Waals surface area contributed by atoms with Gasteiger partial charge in [-0.2, -0.15) is 0 Å². The second-order valence-electron chi connectivity index (χ2n) is 4.00. The van der Waals surface area contributed by atoms with E-state index in [9.17, 15) is 0 Å². The zero-order valence-electron chi connectivity index (χ0n) is 9.32. The normalized spacial score (nSPS) is 12.1. The van der Waals surface area contributed by atoms with Crippen LogP contribution in [0, 0.1) is 17.2 Å². The Morgan fingerprint density at radius 3 is 1.75 bits per heavy atom. The van der Waals surface area contributed by atoms with Gasteiger partial charge in [-0.3, -0.25) is 0 Å². The monoisotopic (exact) mass is 273 g/mol. The standard InChI is InChI=1S/C8H13ClNO.ClHO4/c1-6-7(9)5-10(11-6)8(2,3)4;2-1(3,4)5/h5H,1-4H3;(H,2,3,4,5)/q+1;/p-1. The predicted octanol–water partition coefficient (Wildman–Crippen LogP) is -2.47. The molecule has 0 saturated carbocycles. The molecule has 8 heteroatoms. The topological polar surface area (TPSA) is 109 Å². The maximum Gasteiger partial charge on any atom is 0.239 e. The minimum absolute atomic E-state index is 0.0299. The Balaban J connectivity index is 0.000000385. The van der Waals surface area contributed by atoms with Gasteiger partial charge in [-0.15, -0.1) is 10.2 Å². The fourth-order valence-corrected chi connectivity index (χ4v) is 0.865. The van der Waals surface area contributed by atoms with Crippen LogP contribution in [0.15, 0.2) is 10.7 Å². The number of hydrogen-bond acceptors (Lipinski definition) is 5. The van der Waals surface area contributed by atoms with E-state index in [0.717, 1.165) is 5.76 Å². The largest absolute Gasteiger partial charge is 0.240 e. The summed E-state index contributed by atoms with van der Waals surface area (Å²) in [4.78, 5) is 0. The van der Waals surface area contributed by atoms with Gasteiger partial charge in [0.1, 0.15) is 0 Å². The highest BCUT2D eigenvalue weighted by Gasteiger charge is 2.27. The molecule has 0 bridgehead atoms. The van der Waals surface area contributed by atoms with Gasteiger partial charge in [-0.1, -0.05) is 11.6 Å². The lowest BCUT2D eigenvalue weighted by atomic mass is 10.1. The second-order valence-corrected chi connectivity index (χ2v) is 5.16. The molecule has 6 nitrogen and oxygen atoms in total. The van der Waals surface area contributed by atoms with Crippen LogP contribution in [0.25, 0.3) is 0 Å². The number of halogens is 2. The minimum Gasteiger partial charge on any atom is -0.240 e. The molecular weight excluding hydrogens is 261 g/mol. The van der Waals surface area contributed by atoms with Gasteiger partial charge in [0.25, 0.3) is 0 Å². The molecule has 0 N–H and O–H groups in total. The molecule has 1 aromatic heterocycles. The van der Waals surface area contributed by atoms with Crippen molar-refractivity contribution >= 4 is 11.6 Å². The van der Waals surface area contributed by atoms with Gasteiger partial charge in [0.2, 0.25) is 17.5 Å². The molecule has 0 saturated heterocycles. The molecule has 16 heavy (non-hydrogen) atoms. The molecule has 1 heterocycles. The summed E-state index contributed by atoms with van der Waals surface area (Å²) < 4.78 is 41.1. The van der Waals surface area contributed by atoms with E-state index < -0.39 is 10.2 Å². The van der Waals surface area contributed by atoms with Crippen LogP contribution in [0.2, 0.25) is 5.02 Å². The van der Waals surface area contributed by atoms with Gasteiger partial charge in [0, 0.05) is 27.7 Å². The predicted molar refractivity (Wildman–Crippen MR) is 43.6 cm³/mol. The molecule has 0 aliphatic carbocycles. The van der Waals surface area contributed by atoms with Crippen LogP contribution in [-0.2, 0) is 5.54 Å². The number of nitrogens with zero attached hydrogens (tertiary/aromatic N) is 1. The number of aryl methyl sites for hydroxylation is 1. The second kappa shape index (κ2) is 5.31. The fraction of sp³-hybridized carbons (Fsp3) is 0.625. The Bertz CT molecular complexity index is 314. The number of aromatic nitrogens is 1. The smallest absolute Gasteiger partial charge is 0.239 e. The van der Waals surface area contributed by atoms with Gasteiger partial charge in [-0.25, -0.2) is 23.2 Å². The third kappa shape index (κ3) is 7.00. The lowest BCUT2D eigenvalue weighted by Gasteiger charge is -2.17. The molecule has 0 atom stereocenters. The van der Waals surface area contributed by atoms with Crippen molar-refractivity contribution in [3.05, 3.63) is 17.0 Å². The van der Waals surface area contributed by atoms with Crippen molar-refractivity contribution in [2.75, 3.05) is 0 Å². The third-order valence-corrected chi connectivity index (χ3v) is 1.83. The van der Waals surface area contributed by atoms with Crippen molar-refractivity contribution in [3.63, 3.8) is 0 Å². The van der Waals surface area contributed by atoms with Crippen LogP contribution < -0.4 is 23.4 Å². The van der Waals surface area contributed by atoms with E-state index in [0.29, 0.717) is 5.02 Å². The molecule has 0 aliphatic heterocycles. The fourth-order valence-electron chi connectivity index (χ4n) is 0.742. The van der Waals surface area contributed by atoms with Crippen LogP contribution in [0.3, 0.4) is 0 Å². The summed E-state index contributed by atoms with van der Waals surface area (Å²) >= 11 is 5.82. The molecule has 94 valence electrons. The van der Waals surface area contributed by atoms with Gasteiger partial charge in [0.15, 0.2) is 5.02 Å². The molecule has 0 aromatic carbocycles. The minimum atomic E-state index is -4.94. The van der Waals surface area contributed by atoms with Crippen LogP contribution in [-0.4, -0.2) is 0 Å². The molecule has 1 aromatic rings. The van der Waals surface area contributed by atoms with Crippen LogP contribution in [0.1, 0.15) is 26.5 Å². The van der Waals surface area contributed by atoms with Gasteiger partial charge in [-0.05, 0) is 4.74 Å². The van der Waals surface area contributed by atoms with E-state index in [1.807, 2.05) is 6.92 Å². The first kappa shape index (κ1) is 15.6. The zero-order chi connectivity index (χ0) is 13.1. The van der Waals surface area contributed by atoms with Crippen molar-refractivity contribution in [3.8, 4) is 0 Å². The average Bonchev–Trinajstić information content (AvgIpc) is 2.27. The molecule has 0 spiro atoms. The summed E-state index contributed by atoms with van der Waals surface area (Å²) in [5, 5.41) is 0.680. The van der Waals surface area contributed by atoms with E-state index >= 15 is 0 Å². The Morgan fingerprint density at radius 1 is 1.25 bits per heavy atom. The lowest BCUT2D eigenvalue weighted by molar-refractivity contribution is -2.00. The van der Waals surface area contributed by atoms with Crippen molar-refractivity contribution in [2.24, 2.45) is 0 Å². The van der Waals surface area contributed by atoms with Crippen LogP contribution in [0.4, 0.5) is 0 Å². The first-order chi connectivity index (χ1) is 6.91. The molecular formula is C8H13Cl2NO5. The zero-order valence-corrected chi connectivity index (χ0v) is 10.8. The van der Waals surface area contributed by atoms with E-state index in [-0.39, 0.29) is 5.54 Å². The van der Waals surface area contributed by atoms with Gasteiger partial charge < -0.3 is 0 Å². The summed E-state index contributed by atoms with van der Waals surface area (Å²) in [6.07, 6.45) is 1.80. The maximum absolute atomic E-state index is 8.49. The van der Waals surface area contributed by atoms with Crippen molar-refractivity contribution in [1.29, 1.82) is 0 Å². The number of rotatable bonds is 0. The van der Waals surface area contributed by atoms with E-state index in [1.165, 1.54) is 0 Å². The Labute approximate surface area is 100 Å². The molecule has 0 unspecified atom stereocenters. The third-order valence-electron chi connectivity index (χ3n) is 1.46. The first-order valence-electron chi connectivity index (χ1n) is 4.21. The van der Waals surface area contributed by atoms with Crippen molar-refractivity contribution < 1.29 is 38.1 Å². The Kier molecular flexibility index (Phi) is 5.18. The van der Waals surface area contributed by atoms with Gasteiger partial charge >= 0.3 is 0 Å². The summed E-state index contributed by atoms with van der Waals surface area (Å²) in [7, 11) is -4.94. The van der Waals surface area contributed by atoms with Crippen molar-refractivity contribution in [2.45, 2.75) is 33.2 Å². The Morgan fingerprint density at radius 2 is 1.62 bits per heavy atom. The van der Waals surface area contributed by atoms with E-state index in [2.05, 4.69) is 20.8 Å². The SMILES string of the molecule is Cc1o[n+](C(C)(C)C)cc1Cl.[O-][Cl+3]([O-])([O-])[O-]. The first-order valence-corrected chi connectivity index (χ1v) is 5.83. The highest BCUT2D eigenvalue weighted by molar-refractivity contribution is 6.30. The number of hydrogen-bond donors (Lipinski definition) is 0. The van der Waals surface area contributed by atoms with E-state index in [4.69, 9.17) is 34.8 Å². The van der Waals surface area contributed by atoms with Crippen LogP contribution in [0.5, 0.6) is 0 Å². The van der Waals surface area contributed by atoms with Gasteiger partial charge in [0.05, 0.1) is 0 Å². The summed E-state index contributed by atoms with van der Waals surface area (Å²) in [6, 6.07) is 0. The highest BCUT2D eigenvalue weighted by Crippen LogP contribution is 2.14. The molecule has 0 amide bonds. The maximum atomic E-state index is 8.49. The molecule has 0 fully saturated rings. The Hall–Kier alpha value is -0.370. The molecule has 0 aliphatic rings. The van der Waals surface area contributed by atoms with Crippen LogP contribution >= 0.6 is 11.6 Å². The quantitative estimate of drug-likeness (QED) is 0.487. The van der Waals surface area contributed by atoms with E-state index in [1.54, 1.807) is 10.9 Å². The van der Waals surface area contributed by atoms with Crippen molar-refractivity contribution in [1.82, 2.24) is 0 Å². The molecule has 1 rings (SSSR count). The summed E-state index contributed by atoms with van der Waals surface area (Å²) in [6.45, 7) is 8.04.